The lowest BCUT2D eigenvalue weighted by molar-refractivity contribution is 0.0524. The Morgan fingerprint density at radius 2 is 1.79 bits per heavy atom. The zero-order valence-electron chi connectivity index (χ0n) is 17.2. The lowest BCUT2D eigenvalue weighted by Gasteiger charge is -2.24. The SMILES string of the molecule is CCOC(=O)c1cn2c3c(c(F)c(F)cc3c1=O)Oc1cc(C(=O)c3ccccc3)ccc1-2. The van der Waals surface area contributed by atoms with Crippen molar-refractivity contribution in [2.75, 3.05) is 6.61 Å². The van der Waals surface area contributed by atoms with Gasteiger partial charge in [0, 0.05) is 17.3 Å². The number of rotatable bonds is 4. The Kier molecular flexibility index (Phi) is 4.78. The number of hydrogen-bond donors (Lipinski definition) is 0. The van der Waals surface area contributed by atoms with E-state index in [1.165, 1.54) is 16.8 Å². The zero-order valence-corrected chi connectivity index (χ0v) is 17.2. The molecule has 0 fully saturated rings. The molecule has 3 aromatic carbocycles. The summed E-state index contributed by atoms with van der Waals surface area (Å²) in [6, 6.07) is 13.8. The van der Waals surface area contributed by atoms with Gasteiger partial charge < -0.3 is 14.0 Å². The molecule has 0 N–H and O–H groups in total. The predicted octanol–water partition coefficient (Wildman–Crippen LogP) is 4.78. The van der Waals surface area contributed by atoms with Crippen LogP contribution in [-0.4, -0.2) is 22.9 Å². The van der Waals surface area contributed by atoms with Crippen molar-refractivity contribution in [2.24, 2.45) is 0 Å². The van der Waals surface area contributed by atoms with E-state index in [-0.39, 0.29) is 40.2 Å². The van der Waals surface area contributed by atoms with Gasteiger partial charge in [-0.1, -0.05) is 30.3 Å². The second-order valence-electron chi connectivity index (χ2n) is 7.34. The molecule has 2 heterocycles. The monoisotopic (exact) mass is 447 g/mol. The lowest BCUT2D eigenvalue weighted by atomic mass is 10.0. The van der Waals surface area contributed by atoms with E-state index in [0.717, 1.165) is 6.07 Å². The van der Waals surface area contributed by atoms with Crippen molar-refractivity contribution in [1.82, 2.24) is 4.57 Å². The molecule has 0 spiro atoms. The van der Waals surface area contributed by atoms with Crippen LogP contribution in [0, 0.1) is 11.6 Å². The van der Waals surface area contributed by atoms with Crippen molar-refractivity contribution in [1.29, 1.82) is 0 Å². The molecular weight excluding hydrogens is 432 g/mol. The number of ether oxygens (including phenoxy) is 2. The summed E-state index contributed by atoms with van der Waals surface area (Å²) >= 11 is 0. The summed E-state index contributed by atoms with van der Waals surface area (Å²) in [4.78, 5) is 38.1. The van der Waals surface area contributed by atoms with Crippen LogP contribution in [0.15, 0.2) is 65.6 Å². The summed E-state index contributed by atoms with van der Waals surface area (Å²) in [5.41, 5.74) is -0.110. The summed E-state index contributed by atoms with van der Waals surface area (Å²) in [5, 5.41) is -0.232. The van der Waals surface area contributed by atoms with Crippen LogP contribution in [0.4, 0.5) is 8.78 Å². The molecule has 0 saturated carbocycles. The van der Waals surface area contributed by atoms with Crippen molar-refractivity contribution in [3.63, 3.8) is 0 Å². The largest absolute Gasteiger partial charge is 0.462 e. The lowest BCUT2D eigenvalue weighted by Crippen LogP contribution is -2.22. The summed E-state index contributed by atoms with van der Waals surface area (Å²) in [6.45, 7) is 1.62. The molecule has 164 valence electrons. The first-order valence-electron chi connectivity index (χ1n) is 10.1. The molecule has 5 rings (SSSR count). The summed E-state index contributed by atoms with van der Waals surface area (Å²) in [6.07, 6.45) is 1.21. The molecule has 0 unspecified atom stereocenters. The highest BCUT2D eigenvalue weighted by Crippen LogP contribution is 2.42. The van der Waals surface area contributed by atoms with Gasteiger partial charge >= 0.3 is 5.97 Å². The second-order valence-corrected chi connectivity index (χ2v) is 7.34. The average Bonchev–Trinajstić information content (AvgIpc) is 2.83. The first kappa shape index (κ1) is 20.6. The molecule has 33 heavy (non-hydrogen) atoms. The number of carbonyl (C=O) groups is 2. The number of aromatic nitrogens is 1. The first-order valence-corrected chi connectivity index (χ1v) is 10.1. The third kappa shape index (κ3) is 3.18. The number of ketones is 1. The molecule has 1 aromatic heterocycles. The third-order valence-electron chi connectivity index (χ3n) is 5.36. The van der Waals surface area contributed by atoms with Gasteiger partial charge in [-0.3, -0.25) is 9.59 Å². The number of hydrogen-bond acceptors (Lipinski definition) is 5. The van der Waals surface area contributed by atoms with Gasteiger partial charge in [-0.15, -0.1) is 0 Å². The van der Waals surface area contributed by atoms with Gasteiger partial charge in [-0.25, -0.2) is 9.18 Å². The van der Waals surface area contributed by atoms with Gasteiger partial charge in [0.15, 0.2) is 23.1 Å². The maximum atomic E-state index is 14.7. The van der Waals surface area contributed by atoms with Crippen LogP contribution in [0.1, 0.15) is 33.2 Å². The van der Waals surface area contributed by atoms with E-state index in [9.17, 15) is 23.2 Å². The highest BCUT2D eigenvalue weighted by Gasteiger charge is 2.29. The Bertz CT molecular complexity index is 1530. The number of benzene rings is 3. The number of pyridine rings is 1. The third-order valence-corrected chi connectivity index (χ3v) is 5.36. The minimum atomic E-state index is -1.30. The molecule has 0 bridgehead atoms. The maximum Gasteiger partial charge on any atom is 0.343 e. The second kappa shape index (κ2) is 7.67. The Hall–Kier alpha value is -4.33. The fourth-order valence-corrected chi connectivity index (χ4v) is 3.84. The van der Waals surface area contributed by atoms with E-state index in [4.69, 9.17) is 9.47 Å². The smallest absolute Gasteiger partial charge is 0.343 e. The van der Waals surface area contributed by atoms with Crippen LogP contribution in [0.3, 0.4) is 0 Å². The number of fused-ring (bicyclic) bond motifs is 2. The summed E-state index contributed by atoms with van der Waals surface area (Å²) < 4.78 is 41.0. The molecule has 0 atom stereocenters. The molecule has 0 aliphatic carbocycles. The number of carbonyl (C=O) groups excluding carboxylic acids is 2. The Morgan fingerprint density at radius 1 is 1.03 bits per heavy atom. The quantitative estimate of drug-likeness (QED) is 0.293. The topological polar surface area (TPSA) is 74.6 Å². The first-order chi connectivity index (χ1) is 15.9. The summed E-state index contributed by atoms with van der Waals surface area (Å²) in [5.74, 6) is -4.21. The van der Waals surface area contributed by atoms with Gasteiger partial charge in [0.2, 0.25) is 11.2 Å². The average molecular weight is 447 g/mol. The van der Waals surface area contributed by atoms with Crippen molar-refractivity contribution < 1.29 is 27.8 Å². The van der Waals surface area contributed by atoms with E-state index in [1.54, 1.807) is 49.4 Å². The van der Waals surface area contributed by atoms with Crippen molar-refractivity contribution in [2.45, 2.75) is 6.92 Å². The molecule has 0 saturated heterocycles. The molecule has 6 nitrogen and oxygen atoms in total. The van der Waals surface area contributed by atoms with Gasteiger partial charge in [0.05, 0.1) is 17.7 Å². The van der Waals surface area contributed by atoms with Crippen LogP contribution in [0.5, 0.6) is 11.5 Å². The molecule has 0 amide bonds. The van der Waals surface area contributed by atoms with Crippen LogP contribution >= 0.6 is 0 Å². The predicted molar refractivity (Wildman–Crippen MR) is 115 cm³/mol. The van der Waals surface area contributed by atoms with Crippen molar-refractivity contribution >= 4 is 22.7 Å². The fraction of sp³-hybridized carbons (Fsp3) is 0.0800. The maximum absolute atomic E-state index is 14.7. The van der Waals surface area contributed by atoms with E-state index >= 15 is 0 Å². The van der Waals surface area contributed by atoms with Gasteiger partial charge in [0.1, 0.15) is 11.1 Å². The molecule has 8 heteroatoms. The molecule has 0 radical (unpaired) electrons. The Morgan fingerprint density at radius 3 is 2.52 bits per heavy atom. The molecule has 1 aliphatic heterocycles. The fourth-order valence-electron chi connectivity index (χ4n) is 3.84. The summed E-state index contributed by atoms with van der Waals surface area (Å²) in [7, 11) is 0. The Balaban J connectivity index is 1.76. The molecule has 1 aliphatic rings. The van der Waals surface area contributed by atoms with Crippen LogP contribution < -0.4 is 10.2 Å². The molecule has 4 aromatic rings. The Labute approximate surface area is 185 Å². The van der Waals surface area contributed by atoms with E-state index in [0.29, 0.717) is 11.3 Å². The van der Waals surface area contributed by atoms with E-state index in [1.807, 2.05) is 0 Å². The number of nitrogens with zero attached hydrogens (tertiary/aromatic N) is 1. The highest BCUT2D eigenvalue weighted by molar-refractivity contribution is 6.09. The molecular formula is C25H15F2NO5. The van der Waals surface area contributed by atoms with Crippen LogP contribution in [0.2, 0.25) is 0 Å². The van der Waals surface area contributed by atoms with Crippen molar-refractivity contribution in [3.05, 3.63) is 99.3 Å². The minimum absolute atomic E-state index is 0.0263. The van der Waals surface area contributed by atoms with Crippen molar-refractivity contribution in [3.8, 4) is 17.2 Å². The minimum Gasteiger partial charge on any atom is -0.462 e. The van der Waals surface area contributed by atoms with Crippen LogP contribution in [0.25, 0.3) is 16.6 Å². The van der Waals surface area contributed by atoms with E-state index < -0.39 is 28.8 Å². The number of esters is 1. The van der Waals surface area contributed by atoms with E-state index in [2.05, 4.69) is 0 Å². The van der Waals surface area contributed by atoms with Gasteiger partial charge in [0.25, 0.3) is 0 Å². The standard InChI is InChI=1S/C25H15F2NO5/c1-2-32-25(31)16-12-28-18-9-8-14(22(29)13-6-4-3-5-7-13)10-19(18)33-24-20(27)17(26)11-15(21(24)28)23(16)30/h3-12H,2H2,1H3. The highest BCUT2D eigenvalue weighted by atomic mass is 19.2. The van der Waals surface area contributed by atoms with Crippen LogP contribution in [-0.2, 0) is 4.74 Å². The zero-order chi connectivity index (χ0) is 23.3. The normalized spacial score (nSPS) is 11.6. The van der Waals surface area contributed by atoms with Gasteiger partial charge in [-0.05, 0) is 31.2 Å². The number of halogens is 2. The van der Waals surface area contributed by atoms with Gasteiger partial charge in [-0.2, -0.15) is 4.39 Å².